The predicted molar refractivity (Wildman–Crippen MR) is 80.2 cm³/mol. The number of ether oxygens (including phenoxy) is 3. The summed E-state index contributed by atoms with van der Waals surface area (Å²) in [4.78, 5) is 35.7. The number of esters is 2. The van der Waals surface area contributed by atoms with Gasteiger partial charge in [0, 0.05) is 6.42 Å². The molecule has 2 unspecified atom stereocenters. The standard InChI is InChI=1S/C17H20O6/c1-4-16(2)11-17(3,23-13(16)18)14(19)22-15(20)21-10-12-8-6-5-7-9-12/h5-9H,4,10-11H2,1-3H3. The van der Waals surface area contributed by atoms with Crippen LogP contribution in [0, 0.1) is 5.41 Å². The fraction of sp³-hybridized carbons (Fsp3) is 0.471. The van der Waals surface area contributed by atoms with Gasteiger partial charge in [0.2, 0.25) is 5.60 Å². The summed E-state index contributed by atoms with van der Waals surface area (Å²) in [6.07, 6.45) is -0.408. The first-order valence-electron chi connectivity index (χ1n) is 7.45. The van der Waals surface area contributed by atoms with Crippen LogP contribution in [0.3, 0.4) is 0 Å². The summed E-state index contributed by atoms with van der Waals surface area (Å²) >= 11 is 0. The summed E-state index contributed by atoms with van der Waals surface area (Å²) in [6.45, 7) is 5.00. The molecule has 0 aromatic heterocycles. The fourth-order valence-corrected chi connectivity index (χ4v) is 2.49. The minimum absolute atomic E-state index is 0.00384. The first kappa shape index (κ1) is 17.0. The Balaban J connectivity index is 1.91. The van der Waals surface area contributed by atoms with Crippen LogP contribution in [0.25, 0.3) is 0 Å². The van der Waals surface area contributed by atoms with E-state index >= 15 is 0 Å². The van der Waals surface area contributed by atoms with Gasteiger partial charge in [-0.1, -0.05) is 37.3 Å². The van der Waals surface area contributed by atoms with Crippen LogP contribution in [-0.4, -0.2) is 23.7 Å². The van der Waals surface area contributed by atoms with Gasteiger partial charge in [-0.2, -0.15) is 0 Å². The van der Waals surface area contributed by atoms with Gasteiger partial charge in [0.1, 0.15) is 6.61 Å². The van der Waals surface area contributed by atoms with E-state index in [2.05, 4.69) is 4.74 Å². The minimum Gasteiger partial charge on any atom is -0.447 e. The Bertz CT molecular complexity index is 611. The van der Waals surface area contributed by atoms with Crippen LogP contribution in [0.15, 0.2) is 30.3 Å². The normalized spacial score (nSPS) is 26.5. The van der Waals surface area contributed by atoms with Crippen LogP contribution in [0.5, 0.6) is 0 Å². The van der Waals surface area contributed by atoms with Crippen molar-refractivity contribution in [2.45, 2.75) is 45.8 Å². The summed E-state index contributed by atoms with van der Waals surface area (Å²) in [5, 5.41) is 0. The van der Waals surface area contributed by atoms with Crippen molar-refractivity contribution in [3.8, 4) is 0 Å². The molecule has 23 heavy (non-hydrogen) atoms. The number of benzene rings is 1. The predicted octanol–water partition coefficient (Wildman–Crippen LogP) is 2.99. The van der Waals surface area contributed by atoms with E-state index in [0.717, 1.165) is 5.56 Å². The third-order valence-electron chi connectivity index (χ3n) is 4.13. The van der Waals surface area contributed by atoms with Gasteiger partial charge in [-0.15, -0.1) is 0 Å². The molecule has 0 spiro atoms. The fourth-order valence-electron chi connectivity index (χ4n) is 2.49. The summed E-state index contributed by atoms with van der Waals surface area (Å²) in [5.74, 6) is -1.38. The molecule has 0 amide bonds. The summed E-state index contributed by atoms with van der Waals surface area (Å²) in [5.41, 5.74) is -1.44. The lowest BCUT2D eigenvalue weighted by atomic mass is 9.80. The Morgan fingerprint density at radius 2 is 1.87 bits per heavy atom. The molecule has 1 aromatic carbocycles. The van der Waals surface area contributed by atoms with Crippen LogP contribution in [0.2, 0.25) is 0 Å². The molecule has 124 valence electrons. The molecule has 1 fully saturated rings. The van der Waals surface area contributed by atoms with Crippen molar-refractivity contribution in [3.05, 3.63) is 35.9 Å². The van der Waals surface area contributed by atoms with Gasteiger partial charge < -0.3 is 14.2 Å². The summed E-state index contributed by atoms with van der Waals surface area (Å²) < 4.78 is 14.7. The first-order chi connectivity index (χ1) is 10.8. The largest absolute Gasteiger partial charge is 0.516 e. The first-order valence-corrected chi connectivity index (χ1v) is 7.45. The number of cyclic esters (lactones) is 1. The summed E-state index contributed by atoms with van der Waals surface area (Å²) in [7, 11) is 0. The molecular formula is C17H20O6. The van der Waals surface area contributed by atoms with E-state index in [1.54, 1.807) is 31.2 Å². The highest BCUT2D eigenvalue weighted by Gasteiger charge is 2.56. The zero-order valence-electron chi connectivity index (χ0n) is 13.5. The number of carbonyl (C=O) groups is 3. The van der Waals surface area contributed by atoms with Gasteiger partial charge >= 0.3 is 18.1 Å². The van der Waals surface area contributed by atoms with E-state index in [1.165, 1.54) is 6.92 Å². The maximum atomic E-state index is 12.1. The van der Waals surface area contributed by atoms with Crippen LogP contribution < -0.4 is 0 Å². The Morgan fingerprint density at radius 3 is 2.43 bits per heavy atom. The maximum Gasteiger partial charge on any atom is 0.516 e. The van der Waals surface area contributed by atoms with Crippen molar-refractivity contribution in [2.75, 3.05) is 0 Å². The summed E-state index contributed by atoms with van der Waals surface area (Å²) in [6, 6.07) is 9.01. The average molecular weight is 320 g/mol. The maximum absolute atomic E-state index is 12.1. The van der Waals surface area contributed by atoms with E-state index in [-0.39, 0.29) is 13.0 Å². The topological polar surface area (TPSA) is 78.9 Å². The molecule has 1 saturated heterocycles. The van der Waals surface area contributed by atoms with Gasteiger partial charge in [-0.05, 0) is 25.8 Å². The molecule has 0 N–H and O–H groups in total. The van der Waals surface area contributed by atoms with E-state index in [4.69, 9.17) is 9.47 Å². The molecule has 2 atom stereocenters. The lowest BCUT2D eigenvalue weighted by molar-refractivity contribution is -0.170. The molecule has 2 rings (SSSR count). The highest BCUT2D eigenvalue weighted by Crippen LogP contribution is 2.43. The van der Waals surface area contributed by atoms with E-state index < -0.39 is 29.1 Å². The zero-order chi connectivity index (χ0) is 17.1. The highest BCUT2D eigenvalue weighted by atomic mass is 16.7. The number of hydrogen-bond acceptors (Lipinski definition) is 6. The molecule has 0 bridgehead atoms. The van der Waals surface area contributed by atoms with E-state index in [9.17, 15) is 14.4 Å². The van der Waals surface area contributed by atoms with Crippen LogP contribution in [-0.2, 0) is 30.4 Å². The molecule has 1 aliphatic heterocycles. The second-order valence-electron chi connectivity index (χ2n) is 6.13. The van der Waals surface area contributed by atoms with Crippen molar-refractivity contribution in [1.29, 1.82) is 0 Å². The van der Waals surface area contributed by atoms with Gasteiger partial charge in [0.15, 0.2) is 0 Å². The second-order valence-corrected chi connectivity index (χ2v) is 6.13. The van der Waals surface area contributed by atoms with Gasteiger partial charge in [0.05, 0.1) is 5.41 Å². The molecule has 0 saturated carbocycles. The molecule has 1 aromatic rings. The lowest BCUT2D eigenvalue weighted by Gasteiger charge is -2.20. The number of carbonyl (C=O) groups excluding carboxylic acids is 3. The Hall–Kier alpha value is -2.37. The van der Waals surface area contributed by atoms with Crippen LogP contribution >= 0.6 is 0 Å². The molecule has 6 nitrogen and oxygen atoms in total. The highest BCUT2D eigenvalue weighted by molar-refractivity contribution is 5.93. The van der Waals surface area contributed by atoms with E-state index in [1.807, 2.05) is 13.0 Å². The van der Waals surface area contributed by atoms with Crippen molar-refractivity contribution in [2.24, 2.45) is 5.41 Å². The van der Waals surface area contributed by atoms with Gasteiger partial charge in [-0.25, -0.2) is 9.59 Å². The van der Waals surface area contributed by atoms with Gasteiger partial charge in [-0.3, -0.25) is 4.79 Å². The number of hydrogen-bond donors (Lipinski definition) is 0. The van der Waals surface area contributed by atoms with E-state index in [0.29, 0.717) is 6.42 Å². The Labute approximate surface area is 134 Å². The monoisotopic (exact) mass is 320 g/mol. The molecule has 1 heterocycles. The Kier molecular flexibility index (Phi) is 4.73. The minimum atomic E-state index is -1.46. The van der Waals surface area contributed by atoms with Crippen LogP contribution in [0.4, 0.5) is 4.79 Å². The Morgan fingerprint density at radius 1 is 1.22 bits per heavy atom. The van der Waals surface area contributed by atoms with Crippen molar-refractivity contribution in [3.63, 3.8) is 0 Å². The molecule has 1 aliphatic rings. The third kappa shape index (κ3) is 3.70. The van der Waals surface area contributed by atoms with Gasteiger partial charge in [0.25, 0.3) is 0 Å². The van der Waals surface area contributed by atoms with Crippen LogP contribution in [0.1, 0.15) is 39.2 Å². The van der Waals surface area contributed by atoms with Crippen molar-refractivity contribution < 1.29 is 28.6 Å². The third-order valence-corrected chi connectivity index (χ3v) is 4.13. The number of rotatable bonds is 4. The molecule has 0 radical (unpaired) electrons. The second kappa shape index (κ2) is 6.40. The quantitative estimate of drug-likeness (QED) is 0.627. The smallest absolute Gasteiger partial charge is 0.447 e. The SMILES string of the molecule is CCC1(C)CC(C)(C(=O)OC(=O)OCc2ccccc2)OC1=O. The molecule has 0 aliphatic carbocycles. The molecular weight excluding hydrogens is 300 g/mol. The average Bonchev–Trinajstić information content (AvgIpc) is 2.77. The zero-order valence-corrected chi connectivity index (χ0v) is 13.5. The molecule has 6 heteroatoms. The lowest BCUT2D eigenvalue weighted by Crippen LogP contribution is -2.38. The van der Waals surface area contributed by atoms with Crippen molar-refractivity contribution >= 4 is 18.1 Å². The van der Waals surface area contributed by atoms with Crippen molar-refractivity contribution in [1.82, 2.24) is 0 Å².